The fourth-order valence-electron chi connectivity index (χ4n) is 2.31. The maximum absolute atomic E-state index is 11.0. The molecule has 0 saturated heterocycles. The minimum atomic E-state index is -0.506. The number of hydrogen-bond acceptors (Lipinski definition) is 5. The van der Waals surface area contributed by atoms with Crippen LogP contribution in [-0.4, -0.2) is 10.6 Å². The fourth-order valence-corrected chi connectivity index (χ4v) is 2.31. The minimum absolute atomic E-state index is 0.128. The molecule has 1 atom stereocenters. The molecule has 0 radical (unpaired) electrons. The highest BCUT2D eigenvalue weighted by molar-refractivity contribution is 5.88. The third kappa shape index (κ3) is 3.12. The van der Waals surface area contributed by atoms with E-state index >= 15 is 0 Å². The molecule has 1 aliphatic rings. The van der Waals surface area contributed by atoms with Gasteiger partial charge in [0, 0.05) is 11.8 Å². The van der Waals surface area contributed by atoms with Crippen molar-refractivity contribution < 1.29 is 4.92 Å². The molecule has 20 heavy (non-hydrogen) atoms. The number of nitriles is 1. The summed E-state index contributed by atoms with van der Waals surface area (Å²) in [6.07, 6.45) is 4.35. The highest BCUT2D eigenvalue weighted by Crippen LogP contribution is 2.26. The first-order chi connectivity index (χ1) is 9.61. The topological polar surface area (TPSA) is 91.3 Å². The zero-order valence-electron chi connectivity index (χ0n) is 11.3. The highest BCUT2D eigenvalue weighted by Gasteiger charge is 2.18. The second-order valence-corrected chi connectivity index (χ2v) is 4.96. The lowest BCUT2D eigenvalue weighted by atomic mass is 9.89. The van der Waals surface area contributed by atoms with Gasteiger partial charge in [-0.3, -0.25) is 15.5 Å². The Kier molecular flexibility index (Phi) is 4.31. The van der Waals surface area contributed by atoms with E-state index in [0.29, 0.717) is 11.6 Å². The van der Waals surface area contributed by atoms with Crippen LogP contribution in [0.15, 0.2) is 23.3 Å². The average molecular weight is 272 g/mol. The first-order valence-corrected chi connectivity index (χ1v) is 6.63. The number of benzene rings is 1. The summed E-state index contributed by atoms with van der Waals surface area (Å²) in [4.78, 5) is 10.5. The Morgan fingerprint density at radius 3 is 2.95 bits per heavy atom. The van der Waals surface area contributed by atoms with Crippen LogP contribution in [-0.2, 0) is 0 Å². The van der Waals surface area contributed by atoms with Crippen LogP contribution in [0.2, 0.25) is 0 Å². The number of hydrazone groups is 1. The second-order valence-electron chi connectivity index (χ2n) is 4.96. The smallest absolute Gasteiger partial charge is 0.272 e. The van der Waals surface area contributed by atoms with Crippen LogP contribution >= 0.6 is 0 Å². The van der Waals surface area contributed by atoms with E-state index in [9.17, 15) is 10.1 Å². The number of rotatable bonds is 3. The molecule has 0 spiro atoms. The number of anilines is 1. The average Bonchev–Trinajstić information content (AvgIpc) is 2.46. The van der Waals surface area contributed by atoms with Crippen LogP contribution < -0.4 is 5.43 Å². The van der Waals surface area contributed by atoms with Crippen LogP contribution in [0.4, 0.5) is 11.4 Å². The molecule has 0 aromatic heterocycles. The molecule has 0 unspecified atom stereocenters. The van der Waals surface area contributed by atoms with E-state index in [-0.39, 0.29) is 11.3 Å². The lowest BCUT2D eigenvalue weighted by molar-refractivity contribution is -0.384. The molecule has 1 N–H and O–H groups in total. The molecule has 1 aromatic rings. The van der Waals surface area contributed by atoms with Gasteiger partial charge in [-0.25, -0.2) is 0 Å². The first-order valence-electron chi connectivity index (χ1n) is 6.63. The van der Waals surface area contributed by atoms with Crippen LogP contribution in [0.1, 0.15) is 38.2 Å². The second kappa shape index (κ2) is 6.15. The van der Waals surface area contributed by atoms with Crippen molar-refractivity contribution in [3.8, 4) is 6.07 Å². The number of nitrogens with one attached hydrogen (secondary N) is 1. The number of nitro benzene ring substituents is 1. The first kappa shape index (κ1) is 14.0. The van der Waals surface area contributed by atoms with Gasteiger partial charge < -0.3 is 0 Å². The fraction of sp³-hybridized carbons (Fsp3) is 0.429. The Morgan fingerprint density at radius 1 is 1.50 bits per heavy atom. The SMILES string of the molecule is C[C@H]1CCCC/C1=N\Nc1ccc(C#N)cc1[N+](=O)[O-]. The Hall–Kier alpha value is -2.42. The van der Waals surface area contributed by atoms with E-state index in [1.54, 1.807) is 6.07 Å². The van der Waals surface area contributed by atoms with Crippen LogP contribution in [0.25, 0.3) is 0 Å². The maximum atomic E-state index is 11.0. The Bertz CT molecular complexity index is 589. The number of nitro groups is 1. The molecule has 0 amide bonds. The van der Waals surface area contributed by atoms with E-state index < -0.39 is 4.92 Å². The van der Waals surface area contributed by atoms with Gasteiger partial charge in [0.2, 0.25) is 0 Å². The summed E-state index contributed by atoms with van der Waals surface area (Å²) >= 11 is 0. The van der Waals surface area contributed by atoms with Crippen LogP contribution in [0.3, 0.4) is 0 Å². The molecule has 1 aliphatic carbocycles. The Morgan fingerprint density at radius 2 is 2.30 bits per heavy atom. The van der Waals surface area contributed by atoms with Gasteiger partial charge in [0.15, 0.2) is 0 Å². The molecule has 104 valence electrons. The van der Waals surface area contributed by atoms with Gasteiger partial charge in [-0.1, -0.05) is 13.3 Å². The molecular formula is C14H16N4O2. The van der Waals surface area contributed by atoms with Crippen molar-refractivity contribution in [1.82, 2.24) is 0 Å². The summed E-state index contributed by atoms with van der Waals surface area (Å²) in [6.45, 7) is 2.12. The lowest BCUT2D eigenvalue weighted by Gasteiger charge is -2.20. The van der Waals surface area contributed by atoms with Crippen molar-refractivity contribution in [1.29, 1.82) is 5.26 Å². The van der Waals surface area contributed by atoms with Gasteiger partial charge in [0.05, 0.1) is 16.6 Å². The summed E-state index contributed by atoms with van der Waals surface area (Å²) in [5.74, 6) is 0.411. The van der Waals surface area contributed by atoms with E-state index in [1.165, 1.54) is 18.6 Å². The Balaban J connectivity index is 2.23. The molecule has 0 heterocycles. The summed E-state index contributed by atoms with van der Waals surface area (Å²) in [7, 11) is 0. The normalized spacial score (nSPS) is 20.4. The van der Waals surface area contributed by atoms with E-state index in [4.69, 9.17) is 5.26 Å². The van der Waals surface area contributed by atoms with Crippen molar-refractivity contribution >= 4 is 17.1 Å². The van der Waals surface area contributed by atoms with Crippen LogP contribution in [0.5, 0.6) is 0 Å². The third-order valence-corrected chi connectivity index (χ3v) is 3.53. The zero-order chi connectivity index (χ0) is 14.5. The van der Waals surface area contributed by atoms with Gasteiger partial charge in [0.1, 0.15) is 5.69 Å². The van der Waals surface area contributed by atoms with Gasteiger partial charge in [-0.2, -0.15) is 10.4 Å². The van der Waals surface area contributed by atoms with Gasteiger partial charge in [-0.05, 0) is 37.3 Å². The summed E-state index contributed by atoms with van der Waals surface area (Å²) < 4.78 is 0. The molecule has 6 nitrogen and oxygen atoms in total. The summed E-state index contributed by atoms with van der Waals surface area (Å²) in [5.41, 5.74) is 4.29. The van der Waals surface area contributed by atoms with Gasteiger partial charge in [0.25, 0.3) is 5.69 Å². The van der Waals surface area contributed by atoms with Gasteiger partial charge in [-0.15, -0.1) is 0 Å². The Labute approximate surface area is 117 Å². The molecule has 0 aliphatic heterocycles. The van der Waals surface area contributed by atoms with Crippen molar-refractivity contribution in [3.63, 3.8) is 0 Å². The number of nitrogens with zero attached hydrogens (tertiary/aromatic N) is 3. The summed E-state index contributed by atoms with van der Waals surface area (Å²) in [5, 5.41) is 24.1. The monoisotopic (exact) mass is 272 g/mol. The van der Waals surface area contributed by atoms with Crippen molar-refractivity contribution in [2.75, 3.05) is 5.43 Å². The predicted molar refractivity (Wildman–Crippen MR) is 76.5 cm³/mol. The van der Waals surface area contributed by atoms with E-state index in [2.05, 4.69) is 17.5 Å². The predicted octanol–water partition coefficient (Wildman–Crippen LogP) is 3.44. The summed E-state index contributed by atoms with van der Waals surface area (Å²) in [6, 6.07) is 6.21. The number of hydrogen-bond donors (Lipinski definition) is 1. The standard InChI is InChI=1S/C14H16N4O2/c1-10-4-2-3-5-12(10)16-17-13-7-6-11(9-15)8-14(13)18(19)20/h6-8,10,17H,2-5H2,1H3/b16-12+/t10-/m0/s1. The van der Waals surface area contributed by atoms with Crippen LogP contribution in [0, 0.1) is 27.4 Å². The molecule has 1 saturated carbocycles. The third-order valence-electron chi connectivity index (χ3n) is 3.53. The van der Waals surface area contributed by atoms with Crippen molar-refractivity contribution in [3.05, 3.63) is 33.9 Å². The molecule has 1 aromatic carbocycles. The highest BCUT2D eigenvalue weighted by atomic mass is 16.6. The van der Waals surface area contributed by atoms with E-state index in [1.807, 2.05) is 6.07 Å². The molecule has 0 bridgehead atoms. The molecule has 6 heteroatoms. The van der Waals surface area contributed by atoms with E-state index in [0.717, 1.165) is 25.0 Å². The van der Waals surface area contributed by atoms with Gasteiger partial charge >= 0.3 is 0 Å². The minimum Gasteiger partial charge on any atom is -0.272 e. The largest absolute Gasteiger partial charge is 0.295 e. The maximum Gasteiger partial charge on any atom is 0.295 e. The molecule has 1 fully saturated rings. The molecule has 2 rings (SSSR count). The quantitative estimate of drug-likeness (QED) is 0.673. The zero-order valence-corrected chi connectivity index (χ0v) is 11.3. The van der Waals surface area contributed by atoms with Crippen molar-refractivity contribution in [2.45, 2.75) is 32.6 Å². The van der Waals surface area contributed by atoms with Crippen molar-refractivity contribution in [2.24, 2.45) is 11.0 Å². The lowest BCUT2D eigenvalue weighted by Crippen LogP contribution is -2.17. The molecular weight excluding hydrogens is 256 g/mol.